The minimum atomic E-state index is 0.206. The van der Waals surface area contributed by atoms with Crippen molar-refractivity contribution in [1.82, 2.24) is 9.97 Å². The molecule has 0 spiro atoms. The first-order chi connectivity index (χ1) is 9.01. The van der Waals surface area contributed by atoms with E-state index in [-0.39, 0.29) is 5.25 Å². The van der Waals surface area contributed by atoms with Crippen molar-refractivity contribution in [1.29, 1.82) is 0 Å². The van der Waals surface area contributed by atoms with Crippen LogP contribution in [0.5, 0.6) is 0 Å². The molecule has 2 aromatic heterocycles. The first kappa shape index (κ1) is 15.0. The highest BCUT2D eigenvalue weighted by atomic mass is 79.9. The molecule has 1 atom stereocenters. The summed E-state index contributed by atoms with van der Waals surface area (Å²) in [5.41, 5.74) is 9.12. The summed E-state index contributed by atoms with van der Waals surface area (Å²) in [6.45, 7) is 6.67. The Morgan fingerprint density at radius 1 is 1.32 bits per heavy atom. The fraction of sp³-hybridized carbons (Fsp3) is 0.385. The van der Waals surface area contributed by atoms with Gasteiger partial charge in [-0.15, -0.1) is 11.3 Å². The summed E-state index contributed by atoms with van der Waals surface area (Å²) in [4.78, 5) is 10.3. The lowest BCUT2D eigenvalue weighted by atomic mass is 10.2. The second kappa shape index (κ2) is 6.35. The van der Waals surface area contributed by atoms with E-state index in [2.05, 4.69) is 44.3 Å². The number of aromatic nitrogens is 2. The number of nitrogens with zero attached hydrogens (tertiary/aromatic N) is 2. The van der Waals surface area contributed by atoms with Gasteiger partial charge in [-0.2, -0.15) is 0 Å². The van der Waals surface area contributed by atoms with E-state index in [0.717, 1.165) is 26.6 Å². The summed E-state index contributed by atoms with van der Waals surface area (Å²) in [5, 5.41) is 3.09. The average molecular weight is 358 g/mol. The Hall–Kier alpha value is -0.430. The number of aryl methyl sites for hydroxylation is 2. The quantitative estimate of drug-likeness (QED) is 0.663. The van der Waals surface area contributed by atoms with Gasteiger partial charge in [-0.3, -0.25) is 0 Å². The lowest BCUT2D eigenvalue weighted by Crippen LogP contribution is -2.09. The molecule has 1 unspecified atom stereocenters. The van der Waals surface area contributed by atoms with E-state index >= 15 is 0 Å². The molecule has 0 saturated heterocycles. The molecule has 0 fully saturated rings. The largest absolute Gasteiger partial charge is 0.329 e. The van der Waals surface area contributed by atoms with Crippen LogP contribution in [-0.4, -0.2) is 16.5 Å². The van der Waals surface area contributed by atoms with E-state index in [1.807, 2.05) is 13.8 Å². The smallest absolute Gasteiger partial charge is 0.188 e. The molecular weight excluding hydrogens is 342 g/mol. The summed E-state index contributed by atoms with van der Waals surface area (Å²) >= 11 is 6.82. The Kier molecular flexibility index (Phi) is 5.00. The molecule has 2 aromatic rings. The van der Waals surface area contributed by atoms with Crippen molar-refractivity contribution in [2.45, 2.75) is 31.2 Å². The maximum atomic E-state index is 5.88. The van der Waals surface area contributed by atoms with E-state index in [1.54, 1.807) is 23.1 Å². The first-order valence-corrected chi connectivity index (χ1v) is 8.49. The second-order valence-corrected chi connectivity index (χ2v) is 7.34. The van der Waals surface area contributed by atoms with Crippen LogP contribution in [0.3, 0.4) is 0 Å². The van der Waals surface area contributed by atoms with Gasteiger partial charge in [0.25, 0.3) is 0 Å². The maximum absolute atomic E-state index is 5.88. The standard InChI is InChI=1S/C13H16BrN3S2/c1-7-8(2)16-13(17-9(7)3)19-12(5-15)11-4-10(14)6-18-11/h4,6,12H,5,15H2,1-3H3. The molecule has 3 nitrogen and oxygen atoms in total. The molecular formula is C13H16BrN3S2. The van der Waals surface area contributed by atoms with E-state index in [1.165, 1.54) is 4.88 Å². The van der Waals surface area contributed by atoms with Crippen LogP contribution >= 0.6 is 39.0 Å². The van der Waals surface area contributed by atoms with Crippen LogP contribution in [0.2, 0.25) is 0 Å². The number of hydrogen-bond donors (Lipinski definition) is 1. The number of hydrogen-bond acceptors (Lipinski definition) is 5. The maximum Gasteiger partial charge on any atom is 0.188 e. The molecule has 102 valence electrons. The third kappa shape index (κ3) is 3.56. The van der Waals surface area contributed by atoms with E-state index in [4.69, 9.17) is 5.73 Å². The highest BCUT2D eigenvalue weighted by Gasteiger charge is 2.16. The van der Waals surface area contributed by atoms with Crippen LogP contribution in [0.4, 0.5) is 0 Å². The van der Waals surface area contributed by atoms with Crippen LogP contribution in [0.25, 0.3) is 0 Å². The van der Waals surface area contributed by atoms with Gasteiger partial charge in [-0.25, -0.2) is 9.97 Å². The van der Waals surface area contributed by atoms with Crippen molar-refractivity contribution in [3.05, 3.63) is 37.7 Å². The average Bonchev–Trinajstić information content (AvgIpc) is 2.79. The summed E-state index contributed by atoms with van der Waals surface area (Å²) in [6, 6.07) is 2.11. The highest BCUT2D eigenvalue weighted by molar-refractivity contribution is 9.10. The zero-order valence-corrected chi connectivity index (χ0v) is 14.3. The molecule has 19 heavy (non-hydrogen) atoms. The van der Waals surface area contributed by atoms with Crippen molar-refractivity contribution in [2.75, 3.05) is 6.54 Å². The van der Waals surface area contributed by atoms with Crippen LogP contribution in [0.15, 0.2) is 21.1 Å². The predicted octanol–water partition coefficient (Wildman–Crippen LogP) is 4.02. The Morgan fingerprint density at radius 3 is 2.42 bits per heavy atom. The number of thiophene rings is 1. The number of halogens is 1. The summed E-state index contributed by atoms with van der Waals surface area (Å²) in [6.07, 6.45) is 0. The van der Waals surface area contributed by atoms with E-state index in [9.17, 15) is 0 Å². The van der Waals surface area contributed by atoms with Crippen molar-refractivity contribution < 1.29 is 0 Å². The van der Waals surface area contributed by atoms with Crippen molar-refractivity contribution in [3.63, 3.8) is 0 Å². The zero-order chi connectivity index (χ0) is 14.0. The Bertz CT molecular complexity index is 560. The number of thioether (sulfide) groups is 1. The summed E-state index contributed by atoms with van der Waals surface area (Å²) < 4.78 is 1.10. The van der Waals surface area contributed by atoms with Gasteiger partial charge in [0.1, 0.15) is 0 Å². The van der Waals surface area contributed by atoms with Gasteiger partial charge in [0.05, 0.1) is 5.25 Å². The van der Waals surface area contributed by atoms with Crippen molar-refractivity contribution in [3.8, 4) is 0 Å². The first-order valence-electron chi connectivity index (χ1n) is 5.93. The topological polar surface area (TPSA) is 51.8 Å². The second-order valence-electron chi connectivity index (χ2n) is 4.31. The third-order valence-electron chi connectivity index (χ3n) is 2.98. The summed E-state index contributed by atoms with van der Waals surface area (Å²) in [5.74, 6) is 0. The minimum Gasteiger partial charge on any atom is -0.329 e. The molecule has 0 aliphatic carbocycles. The number of rotatable bonds is 4. The Balaban J connectivity index is 2.23. The molecule has 0 bridgehead atoms. The van der Waals surface area contributed by atoms with Crippen LogP contribution < -0.4 is 5.73 Å². The highest BCUT2D eigenvalue weighted by Crippen LogP contribution is 2.37. The minimum absolute atomic E-state index is 0.206. The van der Waals surface area contributed by atoms with Crippen LogP contribution in [0, 0.1) is 20.8 Å². The van der Waals surface area contributed by atoms with Gasteiger partial charge in [-0.1, -0.05) is 11.8 Å². The van der Waals surface area contributed by atoms with Gasteiger partial charge in [-0.05, 0) is 48.3 Å². The molecule has 0 aliphatic heterocycles. The number of nitrogens with two attached hydrogens (primary N) is 1. The molecule has 0 radical (unpaired) electrons. The Labute approximate surface area is 130 Å². The molecule has 2 heterocycles. The van der Waals surface area contributed by atoms with Crippen LogP contribution in [-0.2, 0) is 0 Å². The lowest BCUT2D eigenvalue weighted by Gasteiger charge is -2.13. The fourth-order valence-corrected chi connectivity index (χ4v) is 4.30. The normalized spacial score (nSPS) is 12.7. The van der Waals surface area contributed by atoms with Crippen LogP contribution in [0.1, 0.15) is 27.1 Å². The molecule has 0 aliphatic rings. The van der Waals surface area contributed by atoms with E-state index in [0.29, 0.717) is 6.54 Å². The molecule has 0 saturated carbocycles. The zero-order valence-electron chi connectivity index (χ0n) is 11.1. The van der Waals surface area contributed by atoms with E-state index < -0.39 is 0 Å². The molecule has 2 N–H and O–H groups in total. The lowest BCUT2D eigenvalue weighted by molar-refractivity contribution is 0.866. The molecule has 0 aromatic carbocycles. The van der Waals surface area contributed by atoms with Gasteiger partial charge in [0, 0.05) is 32.7 Å². The van der Waals surface area contributed by atoms with Crippen molar-refractivity contribution >= 4 is 39.0 Å². The predicted molar refractivity (Wildman–Crippen MR) is 85.9 cm³/mol. The van der Waals surface area contributed by atoms with Gasteiger partial charge in [0.2, 0.25) is 0 Å². The molecule has 0 amide bonds. The fourth-order valence-electron chi connectivity index (χ4n) is 1.64. The Morgan fingerprint density at radius 2 is 1.95 bits per heavy atom. The third-order valence-corrected chi connectivity index (χ3v) is 6.06. The van der Waals surface area contributed by atoms with Gasteiger partial charge < -0.3 is 5.73 Å². The van der Waals surface area contributed by atoms with Gasteiger partial charge >= 0.3 is 0 Å². The van der Waals surface area contributed by atoms with Crippen molar-refractivity contribution in [2.24, 2.45) is 5.73 Å². The monoisotopic (exact) mass is 357 g/mol. The summed E-state index contributed by atoms with van der Waals surface area (Å²) in [7, 11) is 0. The van der Waals surface area contributed by atoms with Gasteiger partial charge in [0.15, 0.2) is 5.16 Å². The molecule has 6 heteroatoms. The molecule has 2 rings (SSSR count). The SMILES string of the molecule is Cc1nc(SC(CN)c2cc(Br)cs2)nc(C)c1C.